The van der Waals surface area contributed by atoms with Crippen LogP contribution in [0.4, 0.5) is 10.5 Å². The van der Waals surface area contributed by atoms with E-state index in [1.165, 1.54) is 28.4 Å². The molecule has 0 spiro atoms. The highest BCUT2D eigenvalue weighted by Gasteiger charge is 2.45. The summed E-state index contributed by atoms with van der Waals surface area (Å²) in [4.78, 5) is 121. The standard InChI is InChI=1S/C49H73N11O9/c1-7-17-34(40(62)45(66)52-27-37(61)56-39(47(68)59(5)6)31-20-13-9-14-21-31)54-42(63)33-28-60(48(69)53-32-22-15-10-16-23-32)29-36(33)55-46(67)41(49(2,3)4)58-44(65)38(30-18-11-8-12-19-30)57-43(64)35-26-50-24-25-51-35/h10,15-16,22-26,30-31,33-34,36,38-41,62H,7-9,11-14,17-21,27-29H2,1-6H3,(H,52,66)(H,53,69)(H,54,63)(H,55,67)(H,56,61)(H,57,64)(H,58,65)/t33-,34+,36+,38+,39+,40?,41-/m1/s1. The van der Waals surface area contributed by atoms with Crippen molar-refractivity contribution >= 4 is 53.1 Å². The summed E-state index contributed by atoms with van der Waals surface area (Å²) in [6.45, 7) is 6.33. The molecule has 1 aliphatic heterocycles. The van der Waals surface area contributed by atoms with Crippen LogP contribution in [0.3, 0.4) is 0 Å². The molecule has 69 heavy (non-hydrogen) atoms. The number of benzene rings is 1. The average Bonchev–Trinajstić information content (AvgIpc) is 3.77. The molecular weight excluding hydrogens is 887 g/mol. The Kier molecular flexibility index (Phi) is 19.8. The summed E-state index contributed by atoms with van der Waals surface area (Å²) in [5.41, 5.74) is -0.340. The van der Waals surface area contributed by atoms with Gasteiger partial charge in [-0.05, 0) is 61.5 Å². The molecule has 378 valence electrons. The van der Waals surface area contributed by atoms with Gasteiger partial charge in [-0.15, -0.1) is 0 Å². The number of carbonyl (C=O) groups is 8. The van der Waals surface area contributed by atoms with Crippen LogP contribution in [0.2, 0.25) is 0 Å². The Morgan fingerprint density at radius 2 is 1.42 bits per heavy atom. The first-order valence-electron chi connectivity index (χ1n) is 24.4. The molecule has 2 aliphatic carbocycles. The van der Waals surface area contributed by atoms with Gasteiger partial charge in [-0.2, -0.15) is 0 Å². The molecule has 2 aromatic rings. The highest BCUT2D eigenvalue weighted by molar-refractivity contribution is 5.98. The Morgan fingerprint density at radius 1 is 0.783 bits per heavy atom. The van der Waals surface area contributed by atoms with Crippen LogP contribution in [0.5, 0.6) is 0 Å². The number of amides is 9. The Hall–Kier alpha value is -6.18. The van der Waals surface area contributed by atoms with Crippen LogP contribution in [0.1, 0.15) is 115 Å². The SMILES string of the molecule is CCC[C@H](NC(=O)[C@@H]1CN(C(=O)Nc2ccccc2)C[C@@H]1NC(=O)[C@@H](NC(=O)[C@@H](NC(=O)c1cnccn1)C1CCCCC1)C(C)(C)C)C(O)C(=O)NCC(=O)N[C@H](C(=O)N(C)C)C1CCCCC1. The molecule has 20 heteroatoms. The van der Waals surface area contributed by atoms with Crippen LogP contribution in [-0.4, -0.2) is 142 Å². The lowest BCUT2D eigenvalue weighted by Crippen LogP contribution is -2.61. The van der Waals surface area contributed by atoms with Gasteiger partial charge in [0.15, 0.2) is 6.10 Å². The normalized spacial score (nSPS) is 19.9. The highest BCUT2D eigenvalue weighted by Crippen LogP contribution is 2.29. The van der Waals surface area contributed by atoms with E-state index >= 15 is 0 Å². The minimum absolute atomic E-state index is 0.0389. The number of para-hydroxylation sites is 1. The van der Waals surface area contributed by atoms with E-state index in [-0.39, 0.29) is 42.9 Å². The number of nitrogens with one attached hydrogen (secondary N) is 7. The molecule has 1 aromatic heterocycles. The minimum atomic E-state index is -1.79. The van der Waals surface area contributed by atoms with Crippen LogP contribution >= 0.6 is 0 Å². The number of anilines is 1. The van der Waals surface area contributed by atoms with Crippen molar-refractivity contribution in [1.29, 1.82) is 0 Å². The second-order valence-electron chi connectivity index (χ2n) is 19.9. The van der Waals surface area contributed by atoms with Gasteiger partial charge in [-0.1, -0.05) is 90.8 Å². The van der Waals surface area contributed by atoms with Crippen molar-refractivity contribution in [1.82, 2.24) is 51.7 Å². The predicted molar refractivity (Wildman–Crippen MR) is 257 cm³/mol. The van der Waals surface area contributed by atoms with Crippen molar-refractivity contribution in [3.8, 4) is 0 Å². The fraction of sp³-hybridized carbons (Fsp3) is 0.633. The second-order valence-corrected chi connectivity index (χ2v) is 19.9. The molecule has 9 amide bonds. The molecule has 5 rings (SSSR count). The summed E-state index contributed by atoms with van der Waals surface area (Å²) in [5, 5.41) is 30.9. The number of hydrogen-bond donors (Lipinski definition) is 8. The number of urea groups is 1. The Morgan fingerprint density at radius 3 is 2.00 bits per heavy atom. The zero-order valence-corrected chi connectivity index (χ0v) is 40.9. The third kappa shape index (κ3) is 15.4. The van der Waals surface area contributed by atoms with Crippen molar-refractivity contribution in [3.05, 3.63) is 54.6 Å². The number of hydrogen-bond acceptors (Lipinski definition) is 11. The van der Waals surface area contributed by atoms with Crippen LogP contribution in [-0.2, 0) is 28.8 Å². The van der Waals surface area contributed by atoms with Crippen LogP contribution < -0.4 is 37.2 Å². The maximum atomic E-state index is 14.5. The van der Waals surface area contributed by atoms with Crippen LogP contribution in [0.15, 0.2) is 48.9 Å². The van der Waals surface area contributed by atoms with Gasteiger partial charge in [0.2, 0.25) is 29.5 Å². The Balaban J connectivity index is 1.31. The quantitative estimate of drug-likeness (QED) is 0.101. The lowest BCUT2D eigenvalue weighted by atomic mass is 9.82. The molecule has 2 saturated carbocycles. The van der Waals surface area contributed by atoms with Crippen molar-refractivity contribution in [2.75, 3.05) is 39.0 Å². The van der Waals surface area contributed by atoms with E-state index in [1.807, 2.05) is 0 Å². The number of aliphatic hydroxyl groups is 1. The Labute approximate surface area is 405 Å². The van der Waals surface area contributed by atoms with Crippen LogP contribution in [0, 0.1) is 23.2 Å². The third-order valence-electron chi connectivity index (χ3n) is 13.3. The first-order chi connectivity index (χ1) is 32.9. The molecule has 1 saturated heterocycles. The summed E-state index contributed by atoms with van der Waals surface area (Å²) < 4.78 is 0. The lowest BCUT2D eigenvalue weighted by molar-refractivity contribution is -0.137. The average molecular weight is 960 g/mol. The van der Waals surface area contributed by atoms with E-state index in [9.17, 15) is 43.5 Å². The van der Waals surface area contributed by atoms with Crippen molar-refractivity contribution in [3.63, 3.8) is 0 Å². The zero-order chi connectivity index (χ0) is 50.3. The van der Waals surface area contributed by atoms with Gasteiger partial charge < -0.3 is 52.1 Å². The predicted octanol–water partition coefficient (Wildman–Crippen LogP) is 2.25. The maximum absolute atomic E-state index is 14.5. The zero-order valence-electron chi connectivity index (χ0n) is 40.9. The Bertz CT molecular complexity index is 2080. The minimum Gasteiger partial charge on any atom is -0.381 e. The number of likely N-dealkylation sites (tertiary alicyclic amines) is 1. The van der Waals surface area contributed by atoms with E-state index in [4.69, 9.17) is 0 Å². The van der Waals surface area contributed by atoms with Gasteiger partial charge in [0.05, 0.1) is 30.7 Å². The van der Waals surface area contributed by atoms with Gasteiger partial charge in [0.25, 0.3) is 11.8 Å². The first-order valence-corrected chi connectivity index (χ1v) is 24.4. The number of aliphatic hydroxyl groups excluding tert-OH is 1. The molecule has 20 nitrogen and oxygen atoms in total. The summed E-state index contributed by atoms with van der Waals surface area (Å²) in [6, 6.07) is 3.13. The fourth-order valence-corrected chi connectivity index (χ4v) is 9.49. The molecule has 8 N–H and O–H groups in total. The number of nitrogens with zero attached hydrogens (tertiary/aromatic N) is 4. The summed E-state index contributed by atoms with van der Waals surface area (Å²) in [5.74, 6) is -5.51. The van der Waals surface area contributed by atoms with Crippen molar-refractivity contribution in [2.24, 2.45) is 23.2 Å². The monoisotopic (exact) mass is 960 g/mol. The van der Waals surface area contributed by atoms with Gasteiger partial charge in [-0.25, -0.2) is 9.78 Å². The number of likely N-dealkylation sites (N-methyl/N-ethyl adjacent to an activating group) is 1. The summed E-state index contributed by atoms with van der Waals surface area (Å²) >= 11 is 0. The first kappa shape index (κ1) is 53.8. The van der Waals surface area contributed by atoms with Gasteiger partial charge >= 0.3 is 6.03 Å². The van der Waals surface area contributed by atoms with Gasteiger partial charge in [0, 0.05) is 45.3 Å². The number of aromatic nitrogens is 2. The van der Waals surface area contributed by atoms with E-state index in [2.05, 4.69) is 47.2 Å². The molecule has 2 heterocycles. The van der Waals surface area contributed by atoms with E-state index in [0.29, 0.717) is 24.9 Å². The molecule has 1 aromatic carbocycles. The molecule has 3 fully saturated rings. The van der Waals surface area contributed by atoms with E-state index < -0.39 is 95.7 Å². The lowest BCUT2D eigenvalue weighted by Gasteiger charge is -2.35. The number of rotatable bonds is 19. The molecule has 0 radical (unpaired) electrons. The fourth-order valence-electron chi connectivity index (χ4n) is 9.49. The van der Waals surface area contributed by atoms with Gasteiger partial charge in [-0.3, -0.25) is 38.5 Å². The van der Waals surface area contributed by atoms with Crippen molar-refractivity contribution in [2.45, 2.75) is 141 Å². The number of carbonyl (C=O) groups excluding carboxylic acids is 8. The van der Waals surface area contributed by atoms with Crippen LogP contribution in [0.25, 0.3) is 0 Å². The molecule has 3 aliphatic rings. The molecule has 0 bridgehead atoms. The molecule has 1 unspecified atom stereocenters. The van der Waals surface area contributed by atoms with Crippen molar-refractivity contribution < 1.29 is 43.5 Å². The topological polar surface area (TPSA) is 273 Å². The largest absolute Gasteiger partial charge is 0.381 e. The second kappa shape index (κ2) is 25.4. The molecule has 7 atom stereocenters. The van der Waals surface area contributed by atoms with E-state index in [0.717, 1.165) is 51.4 Å². The maximum Gasteiger partial charge on any atom is 0.321 e. The smallest absolute Gasteiger partial charge is 0.321 e. The third-order valence-corrected chi connectivity index (χ3v) is 13.3. The summed E-state index contributed by atoms with van der Waals surface area (Å²) in [7, 11) is 3.24. The molecular formula is C49H73N11O9. The summed E-state index contributed by atoms with van der Waals surface area (Å²) in [6.07, 6.45) is 11.6. The van der Waals surface area contributed by atoms with Gasteiger partial charge in [0.1, 0.15) is 23.8 Å². The highest BCUT2D eigenvalue weighted by atomic mass is 16.3. The van der Waals surface area contributed by atoms with E-state index in [1.54, 1.807) is 72.1 Å².